The number of aliphatic carboxylic acids is 1. The van der Waals surface area contributed by atoms with E-state index in [4.69, 9.17) is 0 Å². The number of nitrogens with zero attached hydrogens (tertiary/aromatic N) is 1. The average molecular weight is 277 g/mol. The SMILES string of the molecule is CC[C@@H](C(=O)O)N1c2ccc(F)cc2C(C)=CC1(C)C. The van der Waals surface area contributed by atoms with Crippen molar-refractivity contribution in [3.05, 3.63) is 35.7 Å². The number of hydrogen-bond acceptors (Lipinski definition) is 2. The maximum atomic E-state index is 13.5. The molecule has 20 heavy (non-hydrogen) atoms. The van der Waals surface area contributed by atoms with Crippen LogP contribution >= 0.6 is 0 Å². The van der Waals surface area contributed by atoms with E-state index >= 15 is 0 Å². The van der Waals surface area contributed by atoms with E-state index < -0.39 is 17.6 Å². The molecule has 0 saturated heterocycles. The van der Waals surface area contributed by atoms with Crippen LogP contribution in [0.2, 0.25) is 0 Å². The summed E-state index contributed by atoms with van der Waals surface area (Å²) >= 11 is 0. The molecule has 108 valence electrons. The van der Waals surface area contributed by atoms with Gasteiger partial charge in [-0.2, -0.15) is 0 Å². The highest BCUT2D eigenvalue weighted by Gasteiger charge is 2.38. The van der Waals surface area contributed by atoms with Gasteiger partial charge in [-0.25, -0.2) is 9.18 Å². The molecule has 0 bridgehead atoms. The molecule has 4 heteroatoms. The van der Waals surface area contributed by atoms with Gasteiger partial charge in [0, 0.05) is 11.3 Å². The molecule has 1 aromatic carbocycles. The Bertz CT molecular complexity index is 578. The standard InChI is InChI=1S/C16H20FNO2/c1-5-13(15(19)20)18-14-7-6-11(17)8-12(14)10(2)9-16(18,3)4/h6-9,13H,5H2,1-4H3,(H,19,20)/t13-/m0/s1. The van der Waals surface area contributed by atoms with Gasteiger partial charge in [0.2, 0.25) is 0 Å². The van der Waals surface area contributed by atoms with Crippen molar-refractivity contribution in [2.75, 3.05) is 4.90 Å². The maximum absolute atomic E-state index is 13.5. The van der Waals surface area contributed by atoms with Crippen LogP contribution in [0.25, 0.3) is 5.57 Å². The lowest BCUT2D eigenvalue weighted by Crippen LogP contribution is -2.54. The smallest absolute Gasteiger partial charge is 0.326 e. The molecule has 0 saturated carbocycles. The fraction of sp³-hybridized carbons (Fsp3) is 0.438. The predicted molar refractivity (Wildman–Crippen MR) is 78.3 cm³/mol. The average Bonchev–Trinajstić information content (AvgIpc) is 2.33. The lowest BCUT2D eigenvalue weighted by molar-refractivity contribution is -0.139. The van der Waals surface area contributed by atoms with E-state index in [0.717, 1.165) is 16.8 Å². The van der Waals surface area contributed by atoms with Crippen molar-refractivity contribution >= 4 is 17.2 Å². The summed E-state index contributed by atoms with van der Waals surface area (Å²) in [7, 11) is 0. The summed E-state index contributed by atoms with van der Waals surface area (Å²) in [5.74, 6) is -1.16. The first-order valence-electron chi connectivity index (χ1n) is 6.79. The molecule has 1 atom stereocenters. The first-order valence-corrected chi connectivity index (χ1v) is 6.79. The highest BCUT2D eigenvalue weighted by atomic mass is 19.1. The number of carboxylic acids is 1. The topological polar surface area (TPSA) is 40.5 Å². The van der Waals surface area contributed by atoms with Gasteiger partial charge >= 0.3 is 5.97 Å². The van der Waals surface area contributed by atoms with Crippen LogP contribution in [0.3, 0.4) is 0 Å². The number of hydrogen-bond donors (Lipinski definition) is 1. The van der Waals surface area contributed by atoms with Gasteiger partial charge in [-0.05, 0) is 51.0 Å². The Labute approximate surface area is 118 Å². The fourth-order valence-corrected chi connectivity index (χ4v) is 3.06. The number of fused-ring (bicyclic) bond motifs is 1. The highest BCUT2D eigenvalue weighted by molar-refractivity contribution is 5.86. The van der Waals surface area contributed by atoms with Crippen molar-refractivity contribution < 1.29 is 14.3 Å². The lowest BCUT2D eigenvalue weighted by atomic mass is 9.87. The summed E-state index contributed by atoms with van der Waals surface area (Å²) in [5, 5.41) is 9.47. The molecule has 1 aliphatic heterocycles. The second-order valence-corrected chi connectivity index (χ2v) is 5.77. The minimum absolute atomic E-state index is 0.306. The van der Waals surface area contributed by atoms with Crippen molar-refractivity contribution in [2.45, 2.75) is 45.7 Å². The van der Waals surface area contributed by atoms with E-state index in [9.17, 15) is 14.3 Å². The number of halogens is 1. The number of anilines is 1. The number of rotatable bonds is 3. The molecule has 1 aliphatic rings. The van der Waals surface area contributed by atoms with Crippen LogP contribution < -0.4 is 4.90 Å². The van der Waals surface area contributed by atoms with Crippen molar-refractivity contribution in [3.63, 3.8) is 0 Å². The van der Waals surface area contributed by atoms with Crippen LogP contribution in [0.1, 0.15) is 39.7 Å². The van der Waals surface area contributed by atoms with Gasteiger partial charge in [0.25, 0.3) is 0 Å². The minimum Gasteiger partial charge on any atom is -0.480 e. The minimum atomic E-state index is -0.858. The third-order valence-corrected chi connectivity index (χ3v) is 3.82. The Morgan fingerprint density at radius 1 is 1.45 bits per heavy atom. The van der Waals surface area contributed by atoms with Gasteiger partial charge in [0.05, 0.1) is 5.54 Å². The zero-order chi connectivity index (χ0) is 15.1. The Kier molecular flexibility index (Phi) is 3.59. The molecular formula is C16H20FNO2. The van der Waals surface area contributed by atoms with E-state index in [0.29, 0.717) is 6.42 Å². The number of carboxylic acid groups (broad SMARTS) is 1. The normalized spacial score (nSPS) is 18.2. The molecule has 0 fully saturated rings. The summed E-state index contributed by atoms with van der Waals surface area (Å²) in [5.41, 5.74) is 2.10. The fourth-order valence-electron chi connectivity index (χ4n) is 3.06. The zero-order valence-corrected chi connectivity index (χ0v) is 12.3. The number of benzene rings is 1. The summed E-state index contributed by atoms with van der Waals surface area (Å²) in [6, 6.07) is 3.90. The molecule has 1 heterocycles. The third-order valence-electron chi connectivity index (χ3n) is 3.82. The monoisotopic (exact) mass is 277 g/mol. The Balaban J connectivity index is 2.65. The largest absolute Gasteiger partial charge is 0.480 e. The van der Waals surface area contributed by atoms with Crippen LogP contribution in [0.5, 0.6) is 0 Å². The Morgan fingerprint density at radius 3 is 2.65 bits per heavy atom. The van der Waals surface area contributed by atoms with Crippen molar-refractivity contribution in [1.82, 2.24) is 0 Å². The molecule has 0 amide bonds. The van der Waals surface area contributed by atoms with Crippen molar-refractivity contribution in [3.8, 4) is 0 Å². The van der Waals surface area contributed by atoms with Gasteiger partial charge in [0.1, 0.15) is 11.9 Å². The van der Waals surface area contributed by atoms with Crippen LogP contribution in [-0.4, -0.2) is 22.7 Å². The summed E-state index contributed by atoms with van der Waals surface area (Å²) in [4.78, 5) is 13.4. The molecule has 1 N–H and O–H groups in total. The summed E-state index contributed by atoms with van der Waals surface area (Å²) < 4.78 is 13.5. The lowest BCUT2D eigenvalue weighted by Gasteiger charge is -2.46. The molecule has 0 aromatic heterocycles. The van der Waals surface area contributed by atoms with Crippen LogP contribution in [0.4, 0.5) is 10.1 Å². The molecule has 2 rings (SSSR count). The van der Waals surface area contributed by atoms with E-state index in [1.807, 2.05) is 38.7 Å². The first-order chi connectivity index (χ1) is 9.27. The maximum Gasteiger partial charge on any atom is 0.326 e. The highest BCUT2D eigenvalue weighted by Crippen LogP contribution is 2.40. The van der Waals surface area contributed by atoms with E-state index in [2.05, 4.69) is 0 Å². The molecule has 0 aliphatic carbocycles. The number of allylic oxidation sites excluding steroid dienone is 1. The van der Waals surface area contributed by atoms with Crippen LogP contribution in [0.15, 0.2) is 24.3 Å². The van der Waals surface area contributed by atoms with E-state index in [-0.39, 0.29) is 5.82 Å². The second-order valence-electron chi connectivity index (χ2n) is 5.77. The van der Waals surface area contributed by atoms with Crippen molar-refractivity contribution in [2.24, 2.45) is 0 Å². The number of carbonyl (C=O) groups is 1. The molecule has 1 aromatic rings. The van der Waals surface area contributed by atoms with Gasteiger partial charge in [-0.3, -0.25) is 0 Å². The van der Waals surface area contributed by atoms with Gasteiger partial charge < -0.3 is 10.0 Å². The first kappa shape index (κ1) is 14.6. The van der Waals surface area contributed by atoms with Gasteiger partial charge in [-0.1, -0.05) is 13.0 Å². The molecule has 0 spiro atoms. The van der Waals surface area contributed by atoms with E-state index in [1.54, 1.807) is 6.07 Å². The summed E-state index contributed by atoms with van der Waals surface area (Å²) in [6.07, 6.45) is 2.49. The quantitative estimate of drug-likeness (QED) is 0.916. The van der Waals surface area contributed by atoms with Crippen LogP contribution in [0, 0.1) is 5.82 Å². The van der Waals surface area contributed by atoms with E-state index in [1.165, 1.54) is 12.1 Å². The third kappa shape index (κ3) is 2.30. The van der Waals surface area contributed by atoms with Gasteiger partial charge in [-0.15, -0.1) is 0 Å². The zero-order valence-electron chi connectivity index (χ0n) is 12.3. The Morgan fingerprint density at radius 2 is 2.10 bits per heavy atom. The summed E-state index contributed by atoms with van der Waals surface area (Å²) in [6.45, 7) is 7.74. The molecule has 3 nitrogen and oxygen atoms in total. The Hall–Kier alpha value is -1.84. The molecular weight excluding hydrogens is 257 g/mol. The van der Waals surface area contributed by atoms with Gasteiger partial charge in [0.15, 0.2) is 0 Å². The van der Waals surface area contributed by atoms with Crippen molar-refractivity contribution in [1.29, 1.82) is 0 Å². The molecule has 0 radical (unpaired) electrons. The predicted octanol–water partition coefficient (Wildman–Crippen LogP) is 3.69. The molecule has 0 unspecified atom stereocenters. The second kappa shape index (κ2) is 4.93. The van der Waals surface area contributed by atoms with Crippen LogP contribution in [-0.2, 0) is 4.79 Å².